The lowest BCUT2D eigenvalue weighted by Gasteiger charge is -2.23. The van der Waals surface area contributed by atoms with Crippen molar-refractivity contribution in [2.24, 2.45) is 5.73 Å². The molecule has 10 nitrogen and oxygen atoms in total. The normalized spacial score (nSPS) is 11.8. The average Bonchev–Trinajstić information content (AvgIpc) is 2.83. The number of nitrogens with zero attached hydrogens (tertiary/aromatic N) is 3. The minimum Gasteiger partial charge on any atom is -0.364 e. The van der Waals surface area contributed by atoms with Gasteiger partial charge in [0, 0.05) is 31.9 Å². The number of likely N-dealkylation sites (N-methyl/N-ethyl adjacent to an activating group) is 2. The number of carbonyl (C=O) groups is 3. The summed E-state index contributed by atoms with van der Waals surface area (Å²) in [6.45, 7) is 6.45. The number of primary amides is 1. The Morgan fingerprint density at radius 1 is 1.23 bits per heavy atom. The Morgan fingerprint density at radius 2 is 1.97 bits per heavy atom. The van der Waals surface area contributed by atoms with Gasteiger partial charge in [0.15, 0.2) is 11.5 Å². The van der Waals surface area contributed by atoms with Crippen LogP contribution in [0, 0.1) is 6.92 Å². The van der Waals surface area contributed by atoms with Crippen LogP contribution in [0.15, 0.2) is 36.4 Å². The largest absolute Gasteiger partial charge is 0.364 e. The van der Waals surface area contributed by atoms with E-state index in [1.807, 2.05) is 38.1 Å². The molecule has 10 heteroatoms. The average molecular weight is 482 g/mol. The molecular formula is C25H35N7O3. The van der Waals surface area contributed by atoms with Gasteiger partial charge in [0.05, 0.1) is 11.4 Å². The molecule has 5 N–H and O–H groups in total. The summed E-state index contributed by atoms with van der Waals surface area (Å²) in [5, 5.41) is 8.93. The molecule has 1 unspecified atom stereocenters. The molecule has 0 aliphatic rings. The smallest absolute Gasteiger partial charge is 0.271 e. The number of hydrogen-bond acceptors (Lipinski definition) is 7. The number of nitrogens with two attached hydrogens (primary N) is 1. The minimum atomic E-state index is -0.649. The van der Waals surface area contributed by atoms with Gasteiger partial charge in [-0.05, 0) is 51.4 Å². The second-order valence-electron chi connectivity index (χ2n) is 8.12. The van der Waals surface area contributed by atoms with Gasteiger partial charge in [-0.1, -0.05) is 25.1 Å². The number of aryl methyl sites for hydroxylation is 2. The summed E-state index contributed by atoms with van der Waals surface area (Å²) < 4.78 is 0. The minimum absolute atomic E-state index is 0.0959. The zero-order valence-electron chi connectivity index (χ0n) is 21.0. The Hall–Kier alpha value is -3.79. The number of nitrogens with one attached hydrogen (secondary N) is 3. The fourth-order valence-electron chi connectivity index (χ4n) is 3.33. The second-order valence-corrected chi connectivity index (χ2v) is 8.12. The molecule has 1 heterocycles. The van der Waals surface area contributed by atoms with E-state index >= 15 is 0 Å². The summed E-state index contributed by atoms with van der Waals surface area (Å²) in [6, 6.07) is 6.97. The highest BCUT2D eigenvalue weighted by Gasteiger charge is 2.20. The van der Waals surface area contributed by atoms with Crippen molar-refractivity contribution in [1.29, 1.82) is 0 Å². The molecule has 1 aromatic carbocycles. The maximum absolute atomic E-state index is 12.5. The predicted octanol–water partition coefficient (Wildman–Crippen LogP) is 1.47. The van der Waals surface area contributed by atoms with Gasteiger partial charge in [-0.25, -0.2) is 9.97 Å². The predicted molar refractivity (Wildman–Crippen MR) is 136 cm³/mol. The van der Waals surface area contributed by atoms with Crippen LogP contribution >= 0.6 is 0 Å². The number of amides is 3. The summed E-state index contributed by atoms with van der Waals surface area (Å²) in [5.41, 5.74) is 8.75. The molecule has 0 radical (unpaired) electrons. The van der Waals surface area contributed by atoms with E-state index in [-0.39, 0.29) is 17.5 Å². The van der Waals surface area contributed by atoms with Gasteiger partial charge < -0.3 is 26.6 Å². The Labute approximate surface area is 206 Å². The molecule has 0 saturated carbocycles. The van der Waals surface area contributed by atoms with Crippen molar-refractivity contribution in [1.82, 2.24) is 25.5 Å². The fourth-order valence-corrected chi connectivity index (χ4v) is 3.33. The van der Waals surface area contributed by atoms with Gasteiger partial charge in [-0.2, -0.15) is 0 Å². The van der Waals surface area contributed by atoms with Crippen molar-refractivity contribution in [3.05, 3.63) is 59.1 Å². The highest BCUT2D eigenvalue weighted by atomic mass is 16.2. The van der Waals surface area contributed by atoms with Crippen LogP contribution in [0.5, 0.6) is 0 Å². The molecule has 0 spiro atoms. The van der Waals surface area contributed by atoms with E-state index in [4.69, 9.17) is 5.73 Å². The molecule has 35 heavy (non-hydrogen) atoms. The molecule has 1 aromatic heterocycles. The lowest BCUT2D eigenvalue weighted by atomic mass is 10.1. The summed E-state index contributed by atoms with van der Waals surface area (Å²) in [7, 11) is 3.39. The van der Waals surface area contributed by atoms with Gasteiger partial charge in [0.25, 0.3) is 5.91 Å². The molecule has 3 amide bonds. The van der Waals surface area contributed by atoms with E-state index < -0.39 is 11.9 Å². The maximum atomic E-state index is 12.5. The third-order valence-electron chi connectivity index (χ3n) is 5.53. The molecule has 0 bridgehead atoms. The van der Waals surface area contributed by atoms with E-state index in [1.165, 1.54) is 11.0 Å². The van der Waals surface area contributed by atoms with Gasteiger partial charge in [-0.3, -0.25) is 14.4 Å². The second kappa shape index (κ2) is 13.2. The lowest BCUT2D eigenvalue weighted by Crippen LogP contribution is -2.45. The summed E-state index contributed by atoms with van der Waals surface area (Å²) >= 11 is 0. The first-order valence-corrected chi connectivity index (χ1v) is 11.6. The number of benzene rings is 1. The Balaban J connectivity index is 1.99. The van der Waals surface area contributed by atoms with Gasteiger partial charge in [0.1, 0.15) is 6.04 Å². The first-order valence-electron chi connectivity index (χ1n) is 11.6. The van der Waals surface area contributed by atoms with Crippen LogP contribution in [0.3, 0.4) is 0 Å². The van der Waals surface area contributed by atoms with Gasteiger partial charge >= 0.3 is 0 Å². The van der Waals surface area contributed by atoms with E-state index in [0.29, 0.717) is 31.7 Å². The lowest BCUT2D eigenvalue weighted by molar-refractivity contribution is -0.135. The standard InChI is InChI=1S/C25H35N7O3/c1-6-20-16(2)29-24(22(31-20)23(26)34)30-19-10-7-9-18(15-19)12-14-28-25(35)17(3)32(5)21(33)11-8-13-27-4/h7-11,15,17,27H,6,12-14H2,1-5H3,(H2,26,34)(H,28,35)(H,29,30). The van der Waals surface area contributed by atoms with Crippen molar-refractivity contribution in [3.63, 3.8) is 0 Å². The molecule has 2 aromatic rings. The summed E-state index contributed by atoms with van der Waals surface area (Å²) in [5.74, 6) is -0.807. The molecule has 2 rings (SSSR count). The number of carbonyl (C=O) groups excluding carboxylic acids is 3. The van der Waals surface area contributed by atoms with Gasteiger partial charge in [-0.15, -0.1) is 0 Å². The van der Waals surface area contributed by atoms with Crippen molar-refractivity contribution in [2.45, 2.75) is 39.7 Å². The van der Waals surface area contributed by atoms with Crippen LogP contribution in [0.25, 0.3) is 0 Å². The van der Waals surface area contributed by atoms with Crippen LogP contribution < -0.4 is 21.7 Å². The highest BCUT2D eigenvalue weighted by molar-refractivity contribution is 5.96. The fraction of sp³-hybridized carbons (Fsp3) is 0.400. The molecule has 1 atom stereocenters. The molecule has 0 fully saturated rings. The number of aromatic nitrogens is 2. The van der Waals surface area contributed by atoms with Crippen LogP contribution in [0.4, 0.5) is 11.5 Å². The number of anilines is 2. The van der Waals surface area contributed by atoms with Crippen molar-refractivity contribution in [2.75, 3.05) is 32.5 Å². The Bertz CT molecular complexity index is 1080. The molecule has 0 aliphatic heterocycles. The van der Waals surface area contributed by atoms with Gasteiger partial charge in [0.2, 0.25) is 11.8 Å². The summed E-state index contributed by atoms with van der Waals surface area (Å²) in [6.07, 6.45) is 4.39. The summed E-state index contributed by atoms with van der Waals surface area (Å²) in [4.78, 5) is 46.8. The van der Waals surface area contributed by atoms with E-state index in [2.05, 4.69) is 25.9 Å². The topological polar surface area (TPSA) is 142 Å². The van der Waals surface area contributed by atoms with Crippen LogP contribution in [-0.2, 0) is 22.4 Å². The van der Waals surface area contributed by atoms with E-state index in [1.54, 1.807) is 27.1 Å². The molecule has 0 saturated heterocycles. The third-order valence-corrected chi connectivity index (χ3v) is 5.53. The number of rotatable bonds is 12. The first-order chi connectivity index (χ1) is 16.7. The van der Waals surface area contributed by atoms with Crippen LogP contribution in [0.1, 0.15) is 41.3 Å². The van der Waals surface area contributed by atoms with Crippen molar-refractivity contribution >= 4 is 29.2 Å². The molecular weight excluding hydrogens is 446 g/mol. The molecule has 0 aliphatic carbocycles. The zero-order valence-corrected chi connectivity index (χ0v) is 21.0. The quantitative estimate of drug-likeness (QED) is 0.336. The zero-order chi connectivity index (χ0) is 26.0. The molecule has 188 valence electrons. The van der Waals surface area contributed by atoms with Crippen LogP contribution in [0.2, 0.25) is 0 Å². The van der Waals surface area contributed by atoms with E-state index in [0.717, 1.165) is 22.6 Å². The number of hydrogen-bond donors (Lipinski definition) is 4. The first kappa shape index (κ1) is 27.5. The monoisotopic (exact) mass is 481 g/mol. The Morgan fingerprint density at radius 3 is 2.63 bits per heavy atom. The van der Waals surface area contributed by atoms with E-state index in [9.17, 15) is 14.4 Å². The Kier molecular flexibility index (Phi) is 10.3. The third kappa shape index (κ3) is 7.89. The van der Waals surface area contributed by atoms with Crippen molar-refractivity contribution in [3.8, 4) is 0 Å². The van der Waals surface area contributed by atoms with Crippen molar-refractivity contribution < 1.29 is 14.4 Å². The highest BCUT2D eigenvalue weighted by Crippen LogP contribution is 2.20. The SMILES string of the molecule is CCc1nc(C(N)=O)c(Nc2cccc(CCNC(=O)C(C)N(C)C(=O)C=CCNC)c2)nc1C. The van der Waals surface area contributed by atoms with Crippen LogP contribution in [-0.4, -0.2) is 65.8 Å². The maximum Gasteiger partial charge on any atom is 0.271 e.